The van der Waals surface area contributed by atoms with Crippen molar-refractivity contribution in [3.63, 3.8) is 0 Å². The molecule has 1 aliphatic heterocycles. The molecule has 120 valence electrons. The number of fused-ring (bicyclic) bond motifs is 1. The lowest BCUT2D eigenvalue weighted by molar-refractivity contribution is 0.0694. The standard InChI is InChI=1S/C18H19FN2OS/c1-18(2)11-15(14-10-12(19)8-9-16(14)22-18)21-17(23)20-13-6-4-3-5-7-13/h3-10,15H,11H2,1-2H3,(H2,20,21,23)/t15-/m1/s1. The van der Waals surface area contributed by atoms with Gasteiger partial charge >= 0.3 is 0 Å². The molecule has 0 bridgehead atoms. The SMILES string of the molecule is CC1(C)C[C@@H](NC(=S)Nc2ccccc2)c2cc(F)ccc2O1. The third kappa shape index (κ3) is 3.79. The summed E-state index contributed by atoms with van der Waals surface area (Å²) in [5.41, 5.74) is 1.36. The molecule has 0 saturated carbocycles. The minimum Gasteiger partial charge on any atom is -0.487 e. The lowest BCUT2D eigenvalue weighted by atomic mass is 9.90. The topological polar surface area (TPSA) is 33.3 Å². The van der Waals surface area contributed by atoms with Crippen LogP contribution in [0.3, 0.4) is 0 Å². The van der Waals surface area contributed by atoms with E-state index in [9.17, 15) is 4.39 Å². The summed E-state index contributed by atoms with van der Waals surface area (Å²) in [5, 5.41) is 6.94. The second-order valence-corrected chi connectivity index (χ2v) is 6.67. The summed E-state index contributed by atoms with van der Waals surface area (Å²) in [5.74, 6) is 0.420. The summed E-state index contributed by atoms with van der Waals surface area (Å²) in [6, 6.07) is 14.2. The Morgan fingerprint density at radius 1 is 1.22 bits per heavy atom. The third-order valence-electron chi connectivity index (χ3n) is 3.77. The molecule has 2 aromatic rings. The van der Waals surface area contributed by atoms with Gasteiger partial charge in [-0.3, -0.25) is 0 Å². The molecule has 1 heterocycles. The molecule has 2 aromatic carbocycles. The fourth-order valence-corrected chi connectivity index (χ4v) is 3.06. The van der Waals surface area contributed by atoms with Crippen LogP contribution >= 0.6 is 12.2 Å². The largest absolute Gasteiger partial charge is 0.487 e. The van der Waals surface area contributed by atoms with Crippen LogP contribution in [-0.2, 0) is 0 Å². The second-order valence-electron chi connectivity index (χ2n) is 6.27. The summed E-state index contributed by atoms with van der Waals surface area (Å²) < 4.78 is 19.5. The maximum atomic E-state index is 13.6. The van der Waals surface area contributed by atoms with Gasteiger partial charge in [-0.15, -0.1) is 0 Å². The second kappa shape index (κ2) is 6.16. The first-order chi connectivity index (χ1) is 10.9. The molecular weight excluding hydrogens is 311 g/mol. The average molecular weight is 330 g/mol. The first-order valence-electron chi connectivity index (χ1n) is 7.54. The molecule has 0 radical (unpaired) electrons. The van der Waals surface area contributed by atoms with Crippen LogP contribution in [0.2, 0.25) is 0 Å². The van der Waals surface area contributed by atoms with Gasteiger partial charge in [0.05, 0.1) is 6.04 Å². The van der Waals surface area contributed by atoms with Crippen molar-refractivity contribution in [1.82, 2.24) is 5.32 Å². The number of thiocarbonyl (C=S) groups is 1. The van der Waals surface area contributed by atoms with Crippen LogP contribution in [0, 0.1) is 5.82 Å². The van der Waals surface area contributed by atoms with E-state index in [0.29, 0.717) is 17.3 Å². The Bertz CT molecular complexity index is 718. The number of hydrogen-bond donors (Lipinski definition) is 2. The van der Waals surface area contributed by atoms with Crippen LogP contribution in [-0.4, -0.2) is 10.7 Å². The van der Waals surface area contributed by atoms with Crippen molar-refractivity contribution in [3.8, 4) is 5.75 Å². The Kier molecular flexibility index (Phi) is 4.22. The van der Waals surface area contributed by atoms with Crippen molar-refractivity contribution in [1.29, 1.82) is 0 Å². The highest BCUT2D eigenvalue weighted by Crippen LogP contribution is 2.39. The predicted molar refractivity (Wildman–Crippen MR) is 94.3 cm³/mol. The quantitative estimate of drug-likeness (QED) is 0.799. The fraction of sp³-hybridized carbons (Fsp3) is 0.278. The van der Waals surface area contributed by atoms with E-state index in [-0.39, 0.29) is 17.5 Å². The van der Waals surface area contributed by atoms with Crippen LogP contribution in [0.5, 0.6) is 5.75 Å². The van der Waals surface area contributed by atoms with Crippen molar-refractivity contribution in [3.05, 3.63) is 59.9 Å². The number of para-hydroxylation sites is 1. The molecule has 23 heavy (non-hydrogen) atoms. The van der Waals surface area contributed by atoms with Gasteiger partial charge in [-0.2, -0.15) is 0 Å². The van der Waals surface area contributed by atoms with Gasteiger partial charge in [0.1, 0.15) is 17.2 Å². The number of hydrogen-bond acceptors (Lipinski definition) is 2. The molecule has 0 aliphatic carbocycles. The van der Waals surface area contributed by atoms with Crippen LogP contribution < -0.4 is 15.4 Å². The Labute approximate surface area is 140 Å². The van der Waals surface area contributed by atoms with E-state index >= 15 is 0 Å². The molecular formula is C18H19FN2OS. The Morgan fingerprint density at radius 2 is 1.96 bits per heavy atom. The highest BCUT2D eigenvalue weighted by molar-refractivity contribution is 7.80. The lowest BCUT2D eigenvalue weighted by Crippen LogP contribution is -2.42. The van der Waals surface area contributed by atoms with Crippen molar-refractivity contribution in [2.75, 3.05) is 5.32 Å². The van der Waals surface area contributed by atoms with Gasteiger partial charge in [0.25, 0.3) is 0 Å². The number of rotatable bonds is 2. The van der Waals surface area contributed by atoms with Crippen LogP contribution in [0.25, 0.3) is 0 Å². The zero-order chi connectivity index (χ0) is 16.4. The number of anilines is 1. The molecule has 1 atom stereocenters. The van der Waals surface area contributed by atoms with Gasteiger partial charge in [-0.05, 0) is 56.4 Å². The summed E-state index contributed by atoms with van der Waals surface area (Å²) >= 11 is 5.40. The molecule has 5 heteroatoms. The molecule has 0 spiro atoms. The van der Waals surface area contributed by atoms with Crippen molar-refractivity contribution >= 4 is 23.0 Å². The van der Waals surface area contributed by atoms with Crippen LogP contribution in [0.1, 0.15) is 31.9 Å². The summed E-state index contributed by atoms with van der Waals surface area (Å²) in [6.07, 6.45) is 0.695. The number of nitrogens with one attached hydrogen (secondary N) is 2. The van der Waals surface area contributed by atoms with Crippen LogP contribution in [0.4, 0.5) is 10.1 Å². The Balaban J connectivity index is 1.79. The van der Waals surface area contributed by atoms with Crippen molar-refractivity contribution < 1.29 is 9.13 Å². The molecule has 0 saturated heterocycles. The maximum Gasteiger partial charge on any atom is 0.171 e. The number of halogens is 1. The summed E-state index contributed by atoms with van der Waals surface area (Å²) in [6.45, 7) is 4.03. The first kappa shape index (κ1) is 15.7. The monoisotopic (exact) mass is 330 g/mol. The lowest BCUT2D eigenvalue weighted by Gasteiger charge is -2.38. The van der Waals surface area contributed by atoms with Gasteiger partial charge in [0, 0.05) is 17.7 Å². The van der Waals surface area contributed by atoms with Crippen LogP contribution in [0.15, 0.2) is 48.5 Å². The Hall–Kier alpha value is -2.14. The molecule has 0 fully saturated rings. The highest BCUT2D eigenvalue weighted by Gasteiger charge is 2.34. The summed E-state index contributed by atoms with van der Waals surface area (Å²) in [4.78, 5) is 0. The Morgan fingerprint density at radius 3 is 2.70 bits per heavy atom. The predicted octanol–water partition coefficient (Wildman–Crippen LogP) is 4.41. The number of benzene rings is 2. The summed E-state index contributed by atoms with van der Waals surface area (Å²) in [7, 11) is 0. The molecule has 2 N–H and O–H groups in total. The molecule has 0 unspecified atom stereocenters. The van der Waals surface area contributed by atoms with E-state index in [2.05, 4.69) is 10.6 Å². The van der Waals surface area contributed by atoms with E-state index in [1.54, 1.807) is 6.07 Å². The molecule has 3 nitrogen and oxygen atoms in total. The average Bonchev–Trinajstić information content (AvgIpc) is 2.48. The van der Waals surface area contributed by atoms with Gasteiger partial charge in [0.15, 0.2) is 5.11 Å². The smallest absolute Gasteiger partial charge is 0.171 e. The molecule has 0 aromatic heterocycles. The number of ether oxygens (including phenoxy) is 1. The fourth-order valence-electron chi connectivity index (χ4n) is 2.80. The van der Waals surface area contributed by atoms with E-state index in [1.807, 2.05) is 44.2 Å². The first-order valence-corrected chi connectivity index (χ1v) is 7.95. The molecule has 3 rings (SSSR count). The minimum atomic E-state index is -0.342. The van der Waals surface area contributed by atoms with E-state index in [0.717, 1.165) is 11.3 Å². The highest BCUT2D eigenvalue weighted by atomic mass is 32.1. The van der Waals surface area contributed by atoms with Gasteiger partial charge < -0.3 is 15.4 Å². The zero-order valence-corrected chi connectivity index (χ0v) is 13.9. The van der Waals surface area contributed by atoms with E-state index in [4.69, 9.17) is 17.0 Å². The maximum absolute atomic E-state index is 13.6. The van der Waals surface area contributed by atoms with Crippen molar-refractivity contribution in [2.45, 2.75) is 31.9 Å². The van der Waals surface area contributed by atoms with Gasteiger partial charge in [-0.1, -0.05) is 18.2 Å². The van der Waals surface area contributed by atoms with E-state index < -0.39 is 0 Å². The normalized spacial score (nSPS) is 18.5. The molecule has 0 amide bonds. The molecule has 1 aliphatic rings. The van der Waals surface area contributed by atoms with Gasteiger partial charge in [0.2, 0.25) is 0 Å². The zero-order valence-electron chi connectivity index (χ0n) is 13.1. The minimum absolute atomic E-state index is 0.104. The van der Waals surface area contributed by atoms with E-state index in [1.165, 1.54) is 12.1 Å². The van der Waals surface area contributed by atoms with Crippen molar-refractivity contribution in [2.24, 2.45) is 0 Å². The third-order valence-corrected chi connectivity index (χ3v) is 3.99. The van der Waals surface area contributed by atoms with Gasteiger partial charge in [-0.25, -0.2) is 4.39 Å².